The molecule has 0 heterocycles. The van der Waals surface area contributed by atoms with Gasteiger partial charge in [0.25, 0.3) is 0 Å². The normalized spacial score (nSPS) is 5.83. The first-order valence-corrected chi connectivity index (χ1v) is 1.50. The van der Waals surface area contributed by atoms with Crippen molar-refractivity contribution < 1.29 is 83.6 Å². The Morgan fingerprint density at radius 3 is 1.33 bits per heavy atom. The smallest absolute Gasteiger partial charge is 0.784 e. The molecule has 0 aromatic heterocycles. The van der Waals surface area contributed by atoms with E-state index in [4.69, 9.17) is 13.3 Å². The Bertz CT molecular complexity index is 33.8. The van der Waals surface area contributed by atoms with Gasteiger partial charge in [0.2, 0.25) is 0 Å². The Morgan fingerprint density at radius 1 is 1.33 bits per heavy atom. The predicted molar refractivity (Wildman–Crippen MR) is 9.70 cm³/mol. The largest absolute Gasteiger partial charge is 1.00 e. The van der Waals surface area contributed by atoms with Gasteiger partial charge in [0, 0.05) is 0 Å². The van der Waals surface area contributed by atoms with Crippen LogP contribution in [0.25, 0.3) is 0 Å². The summed E-state index contributed by atoms with van der Waals surface area (Å²) in [6, 6.07) is 0. The minimum atomic E-state index is -3.11. The molecule has 0 radical (unpaired) electrons. The molecule has 0 N–H and O–H groups in total. The molecule has 0 fully saturated rings. The van der Waals surface area contributed by atoms with Crippen LogP contribution in [0.4, 0.5) is 0 Å². The molecule has 6 heteroatoms. The van der Waals surface area contributed by atoms with Gasteiger partial charge in [0.15, 0.2) is 0 Å². The maximum absolute atomic E-state index is 8.44. The van der Waals surface area contributed by atoms with E-state index < -0.39 is 11.4 Å². The zero-order valence-corrected chi connectivity index (χ0v) is 7.57. The molecule has 0 aliphatic heterocycles. The summed E-state index contributed by atoms with van der Waals surface area (Å²) >= 11 is -3.11. The molecule has 0 bridgehead atoms. The first kappa shape index (κ1) is 15.7. The molecule has 0 saturated carbocycles. The maximum atomic E-state index is 8.44. The first-order chi connectivity index (χ1) is 1.73. The minimum absolute atomic E-state index is 0. The third kappa shape index (κ3) is 33.4. The second kappa shape index (κ2) is 10.3. The van der Waals surface area contributed by atoms with Crippen molar-refractivity contribution in [2.45, 2.75) is 0 Å². The van der Waals surface area contributed by atoms with Gasteiger partial charge in [-0.1, -0.05) is 0 Å². The molecule has 0 rings (SSSR count). The van der Waals surface area contributed by atoms with Crippen molar-refractivity contribution in [2.75, 3.05) is 0 Å². The zero-order chi connectivity index (χ0) is 3.58. The van der Waals surface area contributed by atoms with E-state index in [9.17, 15) is 0 Å². The number of hydrogen-bond acceptors (Lipinski definition) is 3. The SMILES string of the molecule is O=S([O-])[O-].[K+].[Li+]. The van der Waals surface area contributed by atoms with E-state index in [-0.39, 0.29) is 70.2 Å². The zero-order valence-electron chi connectivity index (χ0n) is 3.63. The maximum Gasteiger partial charge on any atom is 1.00 e. The van der Waals surface area contributed by atoms with Crippen LogP contribution in [0.15, 0.2) is 0 Å². The monoisotopic (exact) mass is 126 g/mol. The summed E-state index contributed by atoms with van der Waals surface area (Å²) in [4.78, 5) is 0. The van der Waals surface area contributed by atoms with E-state index in [1.54, 1.807) is 0 Å². The van der Waals surface area contributed by atoms with Crippen LogP contribution in [0, 0.1) is 0 Å². The third-order valence-corrected chi connectivity index (χ3v) is 0. The van der Waals surface area contributed by atoms with Crippen LogP contribution in [0.3, 0.4) is 0 Å². The van der Waals surface area contributed by atoms with Crippen molar-refractivity contribution in [2.24, 2.45) is 0 Å². The van der Waals surface area contributed by atoms with Crippen LogP contribution in [-0.4, -0.2) is 13.3 Å². The molecule has 3 nitrogen and oxygen atoms in total. The molecule has 0 aliphatic carbocycles. The molecule has 0 aromatic rings. The average molecular weight is 126 g/mol. The van der Waals surface area contributed by atoms with Crippen molar-refractivity contribution in [1.82, 2.24) is 0 Å². The quantitative estimate of drug-likeness (QED) is 0.239. The van der Waals surface area contributed by atoms with Crippen molar-refractivity contribution in [1.29, 1.82) is 0 Å². The molecule has 0 aliphatic rings. The Balaban J connectivity index is -0.0000000450. The fraction of sp³-hybridized carbons (Fsp3) is 0. The van der Waals surface area contributed by atoms with E-state index in [1.807, 2.05) is 0 Å². The summed E-state index contributed by atoms with van der Waals surface area (Å²) in [6.07, 6.45) is 0. The van der Waals surface area contributed by atoms with Crippen LogP contribution in [-0.2, 0) is 11.4 Å². The van der Waals surface area contributed by atoms with Gasteiger partial charge >= 0.3 is 70.2 Å². The molecule has 0 aromatic carbocycles. The van der Waals surface area contributed by atoms with Crippen LogP contribution in [0.5, 0.6) is 0 Å². The summed E-state index contributed by atoms with van der Waals surface area (Å²) in [5, 5.41) is 0. The number of hydrogen-bond donors (Lipinski definition) is 0. The molecule has 0 spiro atoms. The summed E-state index contributed by atoms with van der Waals surface area (Å²) in [5.41, 5.74) is 0. The van der Waals surface area contributed by atoms with Crippen LogP contribution in [0.2, 0.25) is 0 Å². The van der Waals surface area contributed by atoms with Crippen LogP contribution in [0.1, 0.15) is 0 Å². The molecule has 0 amide bonds. The molecular weight excluding hydrogens is 126 g/mol. The van der Waals surface area contributed by atoms with Crippen LogP contribution < -0.4 is 70.2 Å². The average Bonchev–Trinajstić information content (AvgIpc) is 0.811. The van der Waals surface area contributed by atoms with Crippen molar-refractivity contribution >= 4 is 11.4 Å². The van der Waals surface area contributed by atoms with Gasteiger partial charge in [-0.05, 0) is 0 Å². The second-order valence-corrected chi connectivity index (χ2v) is 0.612. The fourth-order valence-electron chi connectivity index (χ4n) is 0. The van der Waals surface area contributed by atoms with Gasteiger partial charge in [-0.2, -0.15) is 0 Å². The van der Waals surface area contributed by atoms with Crippen molar-refractivity contribution in [3.8, 4) is 0 Å². The minimum Gasteiger partial charge on any atom is -0.784 e. The first-order valence-electron chi connectivity index (χ1n) is 0.500. The van der Waals surface area contributed by atoms with E-state index >= 15 is 0 Å². The standard InChI is InChI=1S/K.Li.H2O3S/c;;1-4(2)3/h;;(H2,1,2,3)/q2*+1;/p-2. The molecular formula is KLiO3S. The van der Waals surface area contributed by atoms with Gasteiger partial charge in [-0.15, -0.1) is 11.4 Å². The van der Waals surface area contributed by atoms with Crippen molar-refractivity contribution in [3.05, 3.63) is 0 Å². The predicted octanol–water partition coefficient (Wildman–Crippen LogP) is -7.00. The Hall–Kier alpha value is 2.30. The molecule has 26 valence electrons. The van der Waals surface area contributed by atoms with Crippen LogP contribution >= 0.6 is 0 Å². The molecule has 0 atom stereocenters. The Kier molecular flexibility index (Phi) is 27.1. The fourth-order valence-corrected chi connectivity index (χ4v) is 0. The summed E-state index contributed by atoms with van der Waals surface area (Å²) in [5.74, 6) is 0. The van der Waals surface area contributed by atoms with Crippen molar-refractivity contribution in [3.63, 3.8) is 0 Å². The molecule has 0 saturated heterocycles. The second-order valence-electron chi connectivity index (χ2n) is 0.204. The molecule has 6 heavy (non-hydrogen) atoms. The van der Waals surface area contributed by atoms with Gasteiger partial charge in [-0.3, -0.25) is 4.21 Å². The van der Waals surface area contributed by atoms with E-state index in [1.165, 1.54) is 0 Å². The summed E-state index contributed by atoms with van der Waals surface area (Å²) < 4.78 is 25.3. The van der Waals surface area contributed by atoms with Gasteiger partial charge in [0.05, 0.1) is 0 Å². The number of rotatable bonds is 0. The topological polar surface area (TPSA) is 63.2 Å². The van der Waals surface area contributed by atoms with E-state index in [0.29, 0.717) is 0 Å². The Morgan fingerprint density at radius 2 is 1.33 bits per heavy atom. The Labute approximate surface area is 93.0 Å². The summed E-state index contributed by atoms with van der Waals surface area (Å²) in [6.45, 7) is 0. The van der Waals surface area contributed by atoms with Gasteiger partial charge in [0.1, 0.15) is 0 Å². The van der Waals surface area contributed by atoms with E-state index in [2.05, 4.69) is 0 Å². The van der Waals surface area contributed by atoms with Gasteiger partial charge < -0.3 is 9.11 Å². The van der Waals surface area contributed by atoms with Gasteiger partial charge in [-0.25, -0.2) is 0 Å². The third-order valence-electron chi connectivity index (χ3n) is 0. The summed E-state index contributed by atoms with van der Waals surface area (Å²) in [7, 11) is 0. The molecule has 0 unspecified atom stereocenters. The van der Waals surface area contributed by atoms with E-state index in [0.717, 1.165) is 0 Å².